The summed E-state index contributed by atoms with van der Waals surface area (Å²) in [4.78, 5) is 62.6. The Morgan fingerprint density at radius 3 is 2.04 bits per heavy atom. The van der Waals surface area contributed by atoms with Gasteiger partial charge in [0.15, 0.2) is 0 Å². The van der Waals surface area contributed by atoms with Crippen molar-refractivity contribution in [3.8, 4) is 0 Å². The van der Waals surface area contributed by atoms with Crippen LogP contribution in [0.2, 0.25) is 0 Å². The molecule has 266 valence electrons. The summed E-state index contributed by atoms with van der Waals surface area (Å²) < 4.78 is 5.45. The standard InChI is InChI=1S/C36H45N7O5S2/c1-24(2)34-40-29(22-49-34)20-43(3)35(46)42-31(18-32(37)44)33(45)39-27(16-25-10-6-4-7-11-25)14-15-28(17-26-12-8-5-9-13-26)41-36(47)48-21-30-19-38-23-50-30/h4-13,19,22-24,27-28,31H,14-18,20-21H2,1-3H3,(H2,37,44)(H,39,45)(H,41,47)(H,42,46)/t27-,28-,31-/m0/s1. The molecule has 4 rings (SSSR count). The molecule has 0 saturated heterocycles. The summed E-state index contributed by atoms with van der Waals surface area (Å²) in [5.41, 5.74) is 9.97. The molecule has 3 atom stereocenters. The molecule has 0 bridgehead atoms. The Kier molecular flexibility index (Phi) is 14.7. The van der Waals surface area contributed by atoms with E-state index in [1.165, 1.54) is 27.6 Å². The van der Waals surface area contributed by atoms with Gasteiger partial charge >= 0.3 is 12.1 Å². The zero-order chi connectivity index (χ0) is 35.9. The fourth-order valence-corrected chi connectivity index (χ4v) is 6.59. The number of aromatic nitrogens is 2. The van der Waals surface area contributed by atoms with Crippen LogP contribution < -0.4 is 21.7 Å². The summed E-state index contributed by atoms with van der Waals surface area (Å²) in [5.74, 6) is -0.982. The second-order valence-corrected chi connectivity index (χ2v) is 14.3. The van der Waals surface area contributed by atoms with Crippen LogP contribution in [0.4, 0.5) is 9.59 Å². The Balaban J connectivity index is 1.44. The number of amides is 5. The van der Waals surface area contributed by atoms with E-state index in [1.54, 1.807) is 18.8 Å². The van der Waals surface area contributed by atoms with E-state index in [0.717, 1.165) is 26.7 Å². The monoisotopic (exact) mass is 719 g/mol. The molecule has 50 heavy (non-hydrogen) atoms. The number of hydrogen-bond donors (Lipinski definition) is 4. The molecule has 5 amide bonds. The van der Waals surface area contributed by atoms with E-state index in [1.807, 2.05) is 66.0 Å². The molecular weight excluding hydrogens is 675 g/mol. The number of carbonyl (C=O) groups is 4. The van der Waals surface area contributed by atoms with Gasteiger partial charge in [-0.15, -0.1) is 22.7 Å². The van der Waals surface area contributed by atoms with Gasteiger partial charge in [0.2, 0.25) is 11.8 Å². The highest BCUT2D eigenvalue weighted by atomic mass is 32.1. The quantitative estimate of drug-likeness (QED) is 0.110. The number of thiazole rings is 2. The lowest BCUT2D eigenvalue weighted by Crippen LogP contribution is -2.54. The van der Waals surface area contributed by atoms with Gasteiger partial charge in [0.1, 0.15) is 12.6 Å². The predicted molar refractivity (Wildman–Crippen MR) is 194 cm³/mol. The second-order valence-electron chi connectivity index (χ2n) is 12.4. The van der Waals surface area contributed by atoms with Gasteiger partial charge in [-0.3, -0.25) is 14.6 Å². The number of primary amides is 1. The summed E-state index contributed by atoms with van der Waals surface area (Å²) in [6, 6.07) is 17.1. The molecule has 12 nitrogen and oxygen atoms in total. The Labute approximate surface area is 300 Å². The van der Waals surface area contributed by atoms with Gasteiger partial charge in [0.05, 0.1) is 34.1 Å². The van der Waals surface area contributed by atoms with Crippen molar-refractivity contribution in [1.29, 1.82) is 0 Å². The minimum absolute atomic E-state index is 0.117. The first-order valence-electron chi connectivity index (χ1n) is 16.5. The normalized spacial score (nSPS) is 12.8. The van der Waals surface area contributed by atoms with E-state index in [9.17, 15) is 19.2 Å². The molecule has 0 fully saturated rings. The van der Waals surface area contributed by atoms with Crippen molar-refractivity contribution in [3.63, 3.8) is 0 Å². The first-order valence-corrected chi connectivity index (χ1v) is 18.2. The number of alkyl carbamates (subject to hydrolysis) is 1. The van der Waals surface area contributed by atoms with Crippen LogP contribution in [-0.4, -0.2) is 64.0 Å². The van der Waals surface area contributed by atoms with Crippen molar-refractivity contribution in [3.05, 3.63) is 104 Å². The van der Waals surface area contributed by atoms with Crippen LogP contribution >= 0.6 is 22.7 Å². The Morgan fingerprint density at radius 1 is 0.880 bits per heavy atom. The van der Waals surface area contributed by atoms with Crippen molar-refractivity contribution in [1.82, 2.24) is 30.8 Å². The molecule has 0 aliphatic carbocycles. The average Bonchev–Trinajstić information content (AvgIpc) is 3.79. The van der Waals surface area contributed by atoms with E-state index < -0.39 is 36.0 Å². The topological polar surface area (TPSA) is 169 Å². The van der Waals surface area contributed by atoms with Crippen LogP contribution in [0.15, 0.2) is 77.8 Å². The van der Waals surface area contributed by atoms with Crippen LogP contribution in [0, 0.1) is 0 Å². The molecule has 4 aromatic rings. The van der Waals surface area contributed by atoms with Crippen LogP contribution in [-0.2, 0) is 40.3 Å². The van der Waals surface area contributed by atoms with Crippen molar-refractivity contribution in [2.75, 3.05) is 7.05 Å². The third-order valence-electron chi connectivity index (χ3n) is 7.84. The molecule has 2 aromatic carbocycles. The molecule has 0 radical (unpaired) electrons. The molecule has 2 aromatic heterocycles. The van der Waals surface area contributed by atoms with Crippen molar-refractivity contribution in [2.45, 2.75) is 83.1 Å². The van der Waals surface area contributed by atoms with Gasteiger partial charge in [-0.05, 0) is 36.8 Å². The van der Waals surface area contributed by atoms with E-state index >= 15 is 0 Å². The predicted octanol–water partition coefficient (Wildman–Crippen LogP) is 5.15. The molecule has 0 spiro atoms. The number of nitrogens with two attached hydrogens (primary N) is 1. The maximum Gasteiger partial charge on any atom is 0.407 e. The van der Waals surface area contributed by atoms with Gasteiger partial charge in [-0.25, -0.2) is 14.6 Å². The van der Waals surface area contributed by atoms with Crippen LogP contribution in [0.5, 0.6) is 0 Å². The molecule has 2 heterocycles. The van der Waals surface area contributed by atoms with E-state index in [4.69, 9.17) is 10.5 Å². The molecule has 0 aliphatic heterocycles. The van der Waals surface area contributed by atoms with Gasteiger partial charge < -0.3 is 31.3 Å². The van der Waals surface area contributed by atoms with E-state index in [0.29, 0.717) is 25.7 Å². The molecule has 0 aliphatic rings. The highest BCUT2D eigenvalue weighted by Crippen LogP contribution is 2.20. The van der Waals surface area contributed by atoms with Crippen molar-refractivity contribution in [2.24, 2.45) is 5.73 Å². The first-order chi connectivity index (χ1) is 24.0. The lowest BCUT2D eigenvalue weighted by Gasteiger charge is -2.26. The highest BCUT2D eigenvalue weighted by molar-refractivity contribution is 7.09. The third-order valence-corrected chi connectivity index (χ3v) is 9.79. The van der Waals surface area contributed by atoms with Crippen LogP contribution in [0.1, 0.15) is 65.7 Å². The second kappa shape index (κ2) is 19.4. The van der Waals surface area contributed by atoms with Crippen LogP contribution in [0.3, 0.4) is 0 Å². The summed E-state index contributed by atoms with van der Waals surface area (Å²) in [5, 5.41) is 11.6. The van der Waals surface area contributed by atoms with E-state index in [-0.39, 0.29) is 31.5 Å². The molecule has 5 N–H and O–H groups in total. The molecule has 0 saturated carbocycles. The summed E-state index contributed by atoms with van der Waals surface area (Å²) in [6.07, 6.45) is 2.75. The smallest absolute Gasteiger partial charge is 0.407 e. The minimum atomic E-state index is -1.19. The molecule has 0 unspecified atom stereocenters. The average molecular weight is 720 g/mol. The maximum atomic E-state index is 13.7. The first kappa shape index (κ1) is 38.0. The van der Waals surface area contributed by atoms with Gasteiger partial charge in [0, 0.05) is 36.6 Å². The summed E-state index contributed by atoms with van der Waals surface area (Å²) in [6.45, 7) is 4.46. The Hall–Kier alpha value is -4.82. The third kappa shape index (κ3) is 12.9. The lowest BCUT2D eigenvalue weighted by molar-refractivity contribution is -0.127. The molecule has 14 heteroatoms. The lowest BCUT2D eigenvalue weighted by atomic mass is 9.95. The van der Waals surface area contributed by atoms with Crippen molar-refractivity contribution < 1.29 is 23.9 Å². The Bertz CT molecular complexity index is 1650. The molecular formula is C36H45N7O5S2. The number of nitrogens with zero attached hydrogens (tertiary/aromatic N) is 3. The number of hydrogen-bond acceptors (Lipinski definition) is 9. The zero-order valence-corrected chi connectivity index (χ0v) is 30.2. The highest BCUT2D eigenvalue weighted by Gasteiger charge is 2.27. The van der Waals surface area contributed by atoms with Gasteiger partial charge in [-0.1, -0.05) is 74.5 Å². The van der Waals surface area contributed by atoms with Gasteiger partial charge in [0.25, 0.3) is 0 Å². The zero-order valence-electron chi connectivity index (χ0n) is 28.5. The van der Waals surface area contributed by atoms with E-state index in [2.05, 4.69) is 39.8 Å². The maximum absolute atomic E-state index is 13.7. The Morgan fingerprint density at radius 2 is 1.50 bits per heavy atom. The largest absolute Gasteiger partial charge is 0.444 e. The number of urea groups is 1. The minimum Gasteiger partial charge on any atom is -0.444 e. The van der Waals surface area contributed by atoms with Gasteiger partial charge in [-0.2, -0.15) is 0 Å². The van der Waals surface area contributed by atoms with Crippen LogP contribution in [0.25, 0.3) is 0 Å². The number of nitrogens with one attached hydrogen (secondary N) is 3. The summed E-state index contributed by atoms with van der Waals surface area (Å²) >= 11 is 2.93. The summed E-state index contributed by atoms with van der Waals surface area (Å²) in [7, 11) is 1.60. The fourth-order valence-electron chi connectivity index (χ4n) is 5.26. The number of rotatable bonds is 18. The van der Waals surface area contributed by atoms with Crippen molar-refractivity contribution >= 4 is 46.6 Å². The SMILES string of the molecule is CC(C)c1nc(CN(C)C(=O)N[C@@H](CC(N)=O)C(=O)N[C@@H](CC[C@@H](Cc2ccccc2)NC(=O)OCc2cncs2)Cc2ccccc2)cs1. The number of carbonyl (C=O) groups excluding carboxylic acids is 4. The number of ether oxygens (including phenoxy) is 1. The number of benzene rings is 2. The fraction of sp³-hybridized carbons (Fsp3) is 0.389.